The Morgan fingerprint density at radius 3 is 2.74 bits per heavy atom. The van der Waals surface area contributed by atoms with Crippen LogP contribution >= 0.6 is 11.3 Å². The van der Waals surface area contributed by atoms with Gasteiger partial charge in [0.1, 0.15) is 0 Å². The van der Waals surface area contributed by atoms with Gasteiger partial charge in [0.05, 0.1) is 17.2 Å². The van der Waals surface area contributed by atoms with Crippen molar-refractivity contribution in [2.45, 2.75) is 6.54 Å². The van der Waals surface area contributed by atoms with Crippen LogP contribution in [-0.4, -0.2) is 39.3 Å². The topological polar surface area (TPSA) is 69.2 Å². The highest BCUT2D eigenvalue weighted by atomic mass is 32.1. The molecule has 0 aliphatic carbocycles. The third-order valence-corrected chi connectivity index (χ3v) is 4.36. The summed E-state index contributed by atoms with van der Waals surface area (Å²) in [4.78, 5) is 15.3. The molecule has 0 saturated carbocycles. The standard InChI is InChI=1S/C17H17N3O2S/c21-9-8-20(12-13-5-2-1-3-6-13)17(22)15-11-14(18-19-15)16-7-4-10-23-16/h1-7,10-11,21H,8-9,12H2,(H,18,19). The van der Waals surface area contributed by atoms with E-state index in [1.807, 2.05) is 47.8 Å². The lowest BCUT2D eigenvalue weighted by atomic mass is 10.2. The molecule has 118 valence electrons. The van der Waals surface area contributed by atoms with E-state index < -0.39 is 0 Å². The molecule has 0 saturated heterocycles. The van der Waals surface area contributed by atoms with E-state index in [0.29, 0.717) is 12.2 Å². The van der Waals surface area contributed by atoms with E-state index in [1.165, 1.54) is 0 Å². The number of benzene rings is 1. The molecule has 0 aliphatic rings. The zero-order valence-electron chi connectivity index (χ0n) is 12.5. The van der Waals surface area contributed by atoms with E-state index in [0.717, 1.165) is 16.1 Å². The number of nitrogens with zero attached hydrogens (tertiary/aromatic N) is 2. The van der Waals surface area contributed by atoms with E-state index in [4.69, 9.17) is 0 Å². The molecule has 2 heterocycles. The quantitative estimate of drug-likeness (QED) is 0.731. The molecule has 6 heteroatoms. The zero-order chi connectivity index (χ0) is 16.1. The lowest BCUT2D eigenvalue weighted by molar-refractivity contribution is 0.0702. The minimum atomic E-state index is -0.193. The van der Waals surface area contributed by atoms with Crippen LogP contribution in [0.4, 0.5) is 0 Å². The summed E-state index contributed by atoms with van der Waals surface area (Å²) in [6, 6.07) is 15.4. The highest BCUT2D eigenvalue weighted by molar-refractivity contribution is 7.13. The van der Waals surface area contributed by atoms with Crippen LogP contribution in [-0.2, 0) is 6.54 Å². The first-order valence-electron chi connectivity index (χ1n) is 7.31. The van der Waals surface area contributed by atoms with Gasteiger partial charge in [-0.25, -0.2) is 0 Å². The number of aromatic amines is 1. The highest BCUT2D eigenvalue weighted by Crippen LogP contribution is 2.23. The van der Waals surface area contributed by atoms with Gasteiger partial charge < -0.3 is 10.0 Å². The second-order valence-corrected chi connectivity index (χ2v) is 6.03. The van der Waals surface area contributed by atoms with Crippen molar-refractivity contribution in [3.05, 3.63) is 65.2 Å². The van der Waals surface area contributed by atoms with Crippen LogP contribution in [0.1, 0.15) is 16.1 Å². The smallest absolute Gasteiger partial charge is 0.274 e. The Labute approximate surface area is 138 Å². The second-order valence-electron chi connectivity index (χ2n) is 5.08. The van der Waals surface area contributed by atoms with E-state index in [1.54, 1.807) is 22.3 Å². The number of nitrogens with one attached hydrogen (secondary N) is 1. The summed E-state index contributed by atoms with van der Waals surface area (Å²) >= 11 is 1.59. The number of aliphatic hydroxyl groups excluding tert-OH is 1. The van der Waals surface area contributed by atoms with Crippen LogP contribution in [0, 0.1) is 0 Å². The molecule has 5 nitrogen and oxygen atoms in total. The Bertz CT molecular complexity index is 753. The second kappa shape index (κ2) is 7.21. The molecule has 0 spiro atoms. The van der Waals surface area contributed by atoms with Crippen LogP contribution in [0.15, 0.2) is 53.9 Å². The molecule has 2 aromatic heterocycles. The average molecular weight is 327 g/mol. The summed E-state index contributed by atoms with van der Waals surface area (Å²) in [6.45, 7) is 0.636. The Kier molecular flexibility index (Phi) is 4.85. The number of hydrogen-bond donors (Lipinski definition) is 2. The van der Waals surface area contributed by atoms with Crippen molar-refractivity contribution in [3.63, 3.8) is 0 Å². The number of hydrogen-bond acceptors (Lipinski definition) is 4. The fourth-order valence-corrected chi connectivity index (χ4v) is 3.02. The molecule has 0 fully saturated rings. The van der Waals surface area contributed by atoms with Gasteiger partial charge in [0.25, 0.3) is 5.91 Å². The van der Waals surface area contributed by atoms with Gasteiger partial charge in [-0.2, -0.15) is 5.10 Å². The fraction of sp³-hybridized carbons (Fsp3) is 0.176. The van der Waals surface area contributed by atoms with Gasteiger partial charge in [-0.15, -0.1) is 11.3 Å². The summed E-state index contributed by atoms with van der Waals surface area (Å²) in [5.41, 5.74) is 2.20. The minimum Gasteiger partial charge on any atom is -0.395 e. The normalized spacial score (nSPS) is 10.7. The number of H-pyrrole nitrogens is 1. The number of rotatable bonds is 6. The summed E-state index contributed by atoms with van der Waals surface area (Å²) < 4.78 is 0. The van der Waals surface area contributed by atoms with E-state index >= 15 is 0 Å². The first-order valence-corrected chi connectivity index (χ1v) is 8.19. The van der Waals surface area contributed by atoms with Crippen molar-refractivity contribution in [1.29, 1.82) is 0 Å². The maximum absolute atomic E-state index is 12.7. The molecule has 0 atom stereocenters. The van der Waals surface area contributed by atoms with Crippen molar-refractivity contribution in [2.24, 2.45) is 0 Å². The predicted octanol–water partition coefficient (Wildman–Crippen LogP) is 2.77. The molecule has 0 radical (unpaired) electrons. The maximum Gasteiger partial charge on any atom is 0.274 e. The maximum atomic E-state index is 12.7. The number of thiophene rings is 1. The van der Waals surface area contributed by atoms with E-state index in [-0.39, 0.29) is 19.1 Å². The van der Waals surface area contributed by atoms with Gasteiger partial charge in [-0.3, -0.25) is 9.89 Å². The molecular formula is C17H17N3O2S. The number of carbonyl (C=O) groups is 1. The third-order valence-electron chi connectivity index (χ3n) is 3.46. The molecule has 2 N–H and O–H groups in total. The number of amides is 1. The molecule has 0 aliphatic heterocycles. The first kappa shape index (κ1) is 15.5. The Morgan fingerprint density at radius 2 is 2.04 bits per heavy atom. The predicted molar refractivity (Wildman–Crippen MR) is 90.2 cm³/mol. The monoisotopic (exact) mass is 327 g/mol. The van der Waals surface area contributed by atoms with Crippen molar-refractivity contribution >= 4 is 17.2 Å². The number of aromatic nitrogens is 2. The van der Waals surface area contributed by atoms with Crippen LogP contribution in [0.5, 0.6) is 0 Å². The van der Waals surface area contributed by atoms with Gasteiger partial charge in [-0.1, -0.05) is 36.4 Å². The Balaban J connectivity index is 1.78. The van der Waals surface area contributed by atoms with Crippen LogP contribution in [0.25, 0.3) is 10.6 Å². The van der Waals surface area contributed by atoms with Gasteiger partial charge in [0, 0.05) is 13.1 Å². The lowest BCUT2D eigenvalue weighted by Crippen LogP contribution is -2.33. The van der Waals surface area contributed by atoms with Gasteiger partial charge >= 0.3 is 0 Å². The molecule has 0 unspecified atom stereocenters. The molecule has 1 aromatic carbocycles. The van der Waals surface area contributed by atoms with Crippen LogP contribution in [0.2, 0.25) is 0 Å². The van der Waals surface area contributed by atoms with E-state index in [9.17, 15) is 9.90 Å². The summed E-state index contributed by atoms with van der Waals surface area (Å²) in [5.74, 6) is -0.193. The molecule has 3 rings (SSSR count). The van der Waals surface area contributed by atoms with Gasteiger partial charge in [0.2, 0.25) is 0 Å². The fourth-order valence-electron chi connectivity index (χ4n) is 2.33. The number of carbonyl (C=O) groups excluding carboxylic acids is 1. The molecule has 1 amide bonds. The Hall–Kier alpha value is -2.44. The third kappa shape index (κ3) is 3.67. The van der Waals surface area contributed by atoms with E-state index in [2.05, 4.69) is 10.2 Å². The SMILES string of the molecule is O=C(c1cc(-c2cccs2)[nH]n1)N(CCO)Cc1ccccc1. The number of aliphatic hydroxyl groups is 1. The minimum absolute atomic E-state index is 0.0826. The largest absolute Gasteiger partial charge is 0.395 e. The van der Waals surface area contributed by atoms with Gasteiger partial charge in [0.15, 0.2) is 5.69 Å². The van der Waals surface area contributed by atoms with Crippen molar-refractivity contribution < 1.29 is 9.90 Å². The Morgan fingerprint density at radius 1 is 1.22 bits per heavy atom. The summed E-state index contributed by atoms with van der Waals surface area (Å²) in [5, 5.41) is 18.2. The van der Waals surface area contributed by atoms with Crippen LogP contribution < -0.4 is 0 Å². The van der Waals surface area contributed by atoms with Gasteiger partial charge in [-0.05, 0) is 23.1 Å². The molecule has 3 aromatic rings. The zero-order valence-corrected chi connectivity index (χ0v) is 13.3. The molecular weight excluding hydrogens is 310 g/mol. The van der Waals surface area contributed by atoms with Crippen molar-refractivity contribution in [1.82, 2.24) is 15.1 Å². The highest BCUT2D eigenvalue weighted by Gasteiger charge is 2.19. The molecule has 0 bridgehead atoms. The molecule has 23 heavy (non-hydrogen) atoms. The first-order chi connectivity index (χ1) is 11.3. The van der Waals surface area contributed by atoms with Crippen molar-refractivity contribution in [2.75, 3.05) is 13.2 Å². The van der Waals surface area contributed by atoms with Crippen molar-refractivity contribution in [3.8, 4) is 10.6 Å². The summed E-state index contributed by atoms with van der Waals surface area (Å²) in [6.07, 6.45) is 0. The lowest BCUT2D eigenvalue weighted by Gasteiger charge is -2.20. The average Bonchev–Trinajstić information content (AvgIpc) is 3.26. The van der Waals surface area contributed by atoms with Crippen LogP contribution in [0.3, 0.4) is 0 Å². The summed E-state index contributed by atoms with van der Waals surface area (Å²) in [7, 11) is 0.